The van der Waals surface area contributed by atoms with Crippen molar-refractivity contribution in [3.63, 3.8) is 0 Å². The number of nitrogens with zero attached hydrogens (tertiary/aromatic N) is 2. The highest BCUT2D eigenvalue weighted by Crippen LogP contribution is 2.31. The zero-order chi connectivity index (χ0) is 20.1. The Morgan fingerprint density at radius 2 is 1.96 bits per heavy atom. The first kappa shape index (κ1) is 20.0. The maximum atomic E-state index is 11.5. The molecule has 8 nitrogen and oxygen atoms in total. The molecule has 10 heteroatoms. The molecule has 28 heavy (non-hydrogen) atoms. The average molecular weight is 419 g/mol. The lowest BCUT2D eigenvalue weighted by atomic mass is 10.0. The Kier molecular flexibility index (Phi) is 6.40. The molecule has 0 fully saturated rings. The van der Waals surface area contributed by atoms with E-state index in [1.54, 1.807) is 19.1 Å². The van der Waals surface area contributed by atoms with Crippen LogP contribution in [0.3, 0.4) is 0 Å². The van der Waals surface area contributed by atoms with E-state index in [1.165, 1.54) is 11.8 Å². The standard InChI is InChI=1S/C18H19ClN6O2S/c1-2-27-16(26)9-28-18-22-17(24-25-18)12-3-10(5-14(20)6-12)11-4-13(19)8-15(7-11)23-21/h3-8,23H,2,9,20-21H2,1H3,(H,22,24,25). The van der Waals surface area contributed by atoms with E-state index in [0.29, 0.717) is 34.0 Å². The number of H-pyrrole nitrogens is 1. The van der Waals surface area contributed by atoms with Crippen molar-refractivity contribution in [3.05, 3.63) is 41.4 Å². The number of nitrogens with one attached hydrogen (secondary N) is 2. The lowest BCUT2D eigenvalue weighted by molar-refractivity contribution is -0.139. The zero-order valence-electron chi connectivity index (χ0n) is 15.0. The summed E-state index contributed by atoms with van der Waals surface area (Å²) < 4.78 is 4.90. The molecule has 0 spiro atoms. The van der Waals surface area contributed by atoms with Crippen LogP contribution in [-0.2, 0) is 9.53 Å². The van der Waals surface area contributed by atoms with Crippen LogP contribution in [0.2, 0.25) is 5.02 Å². The number of carbonyl (C=O) groups excluding carboxylic acids is 1. The van der Waals surface area contributed by atoms with Crippen molar-refractivity contribution in [1.29, 1.82) is 0 Å². The first-order valence-corrected chi connectivity index (χ1v) is 9.74. The molecule has 0 aliphatic carbocycles. The topological polar surface area (TPSA) is 132 Å². The SMILES string of the molecule is CCOC(=O)CSc1n[nH]c(-c2cc(N)cc(-c3cc(Cl)cc(NN)c3)c2)n1. The lowest BCUT2D eigenvalue weighted by Crippen LogP contribution is -2.06. The molecule has 0 bridgehead atoms. The number of benzene rings is 2. The number of nitrogens with two attached hydrogens (primary N) is 2. The van der Waals surface area contributed by atoms with Gasteiger partial charge in [-0.2, -0.15) is 0 Å². The highest BCUT2D eigenvalue weighted by Gasteiger charge is 2.12. The van der Waals surface area contributed by atoms with Crippen molar-refractivity contribution in [1.82, 2.24) is 15.2 Å². The number of hydrogen-bond acceptors (Lipinski definition) is 8. The highest BCUT2D eigenvalue weighted by atomic mass is 35.5. The Labute approximate surface area is 171 Å². The minimum atomic E-state index is -0.310. The molecule has 146 valence electrons. The minimum Gasteiger partial charge on any atom is -0.465 e. The number of ether oxygens (including phenoxy) is 1. The zero-order valence-corrected chi connectivity index (χ0v) is 16.6. The predicted molar refractivity (Wildman–Crippen MR) is 112 cm³/mol. The van der Waals surface area contributed by atoms with Gasteiger partial charge in [0, 0.05) is 16.3 Å². The monoisotopic (exact) mass is 418 g/mol. The third kappa shape index (κ3) is 4.94. The molecule has 1 heterocycles. The average Bonchev–Trinajstić information content (AvgIpc) is 3.15. The van der Waals surface area contributed by atoms with Gasteiger partial charge in [0.25, 0.3) is 0 Å². The van der Waals surface area contributed by atoms with Crippen LogP contribution in [0.5, 0.6) is 0 Å². The summed E-state index contributed by atoms with van der Waals surface area (Å²) in [4.78, 5) is 15.9. The Morgan fingerprint density at radius 3 is 2.71 bits per heavy atom. The molecule has 0 radical (unpaired) electrons. The number of thioether (sulfide) groups is 1. The molecule has 2 aromatic carbocycles. The van der Waals surface area contributed by atoms with E-state index in [1.807, 2.05) is 24.3 Å². The third-order valence-corrected chi connectivity index (χ3v) is 4.75. The van der Waals surface area contributed by atoms with Crippen LogP contribution in [0.4, 0.5) is 11.4 Å². The van der Waals surface area contributed by atoms with Gasteiger partial charge < -0.3 is 15.9 Å². The van der Waals surface area contributed by atoms with Crippen LogP contribution in [0.1, 0.15) is 6.92 Å². The number of hydrazine groups is 1. The van der Waals surface area contributed by atoms with Crippen molar-refractivity contribution in [2.45, 2.75) is 12.1 Å². The first-order chi connectivity index (χ1) is 13.5. The number of halogens is 1. The maximum Gasteiger partial charge on any atom is 0.316 e. The molecular weight excluding hydrogens is 400 g/mol. The molecule has 0 unspecified atom stereocenters. The van der Waals surface area contributed by atoms with Gasteiger partial charge in [-0.1, -0.05) is 23.4 Å². The van der Waals surface area contributed by atoms with Crippen molar-refractivity contribution in [2.75, 3.05) is 23.5 Å². The molecule has 0 atom stereocenters. The number of carbonyl (C=O) groups is 1. The van der Waals surface area contributed by atoms with E-state index in [9.17, 15) is 4.79 Å². The van der Waals surface area contributed by atoms with E-state index in [0.717, 1.165) is 16.7 Å². The van der Waals surface area contributed by atoms with Gasteiger partial charge in [-0.25, -0.2) is 4.98 Å². The summed E-state index contributed by atoms with van der Waals surface area (Å²) in [5.74, 6) is 5.87. The van der Waals surface area contributed by atoms with Crippen LogP contribution >= 0.6 is 23.4 Å². The van der Waals surface area contributed by atoms with Gasteiger partial charge in [0.15, 0.2) is 5.82 Å². The van der Waals surface area contributed by atoms with E-state index in [2.05, 4.69) is 20.6 Å². The van der Waals surface area contributed by atoms with Gasteiger partial charge in [0.2, 0.25) is 5.16 Å². The first-order valence-electron chi connectivity index (χ1n) is 8.38. The van der Waals surface area contributed by atoms with Crippen LogP contribution in [0.25, 0.3) is 22.5 Å². The molecule has 0 aliphatic heterocycles. The van der Waals surface area contributed by atoms with E-state index in [-0.39, 0.29) is 11.7 Å². The van der Waals surface area contributed by atoms with Crippen molar-refractivity contribution < 1.29 is 9.53 Å². The fourth-order valence-electron chi connectivity index (χ4n) is 2.56. The second-order valence-corrected chi connectivity index (χ2v) is 7.16. The minimum absolute atomic E-state index is 0.144. The Morgan fingerprint density at radius 1 is 1.21 bits per heavy atom. The fraction of sp³-hybridized carbons (Fsp3) is 0.167. The summed E-state index contributed by atoms with van der Waals surface area (Å²) in [6.07, 6.45) is 0. The van der Waals surface area contributed by atoms with Gasteiger partial charge in [-0.15, -0.1) is 5.10 Å². The van der Waals surface area contributed by atoms with Crippen LogP contribution in [0, 0.1) is 0 Å². The summed E-state index contributed by atoms with van der Waals surface area (Å²) in [7, 11) is 0. The third-order valence-electron chi connectivity index (χ3n) is 3.72. The molecule has 0 amide bonds. The summed E-state index contributed by atoms with van der Waals surface area (Å²) in [6, 6.07) is 11.0. The number of rotatable bonds is 7. The molecule has 0 aliphatic rings. The maximum absolute atomic E-state index is 11.5. The van der Waals surface area contributed by atoms with Crippen molar-refractivity contribution in [2.24, 2.45) is 5.84 Å². The Balaban J connectivity index is 1.86. The molecule has 6 N–H and O–H groups in total. The van der Waals surface area contributed by atoms with Gasteiger partial charge in [0.1, 0.15) is 0 Å². The van der Waals surface area contributed by atoms with E-state index < -0.39 is 0 Å². The molecule has 0 saturated heterocycles. The van der Waals surface area contributed by atoms with Crippen molar-refractivity contribution >= 4 is 40.7 Å². The van der Waals surface area contributed by atoms with E-state index in [4.69, 9.17) is 27.9 Å². The van der Waals surface area contributed by atoms with Gasteiger partial charge in [-0.05, 0) is 54.4 Å². The quantitative estimate of drug-likeness (QED) is 0.151. The lowest BCUT2D eigenvalue weighted by Gasteiger charge is -2.09. The highest BCUT2D eigenvalue weighted by molar-refractivity contribution is 7.99. The molecule has 1 aromatic heterocycles. The summed E-state index contributed by atoms with van der Waals surface area (Å²) in [5.41, 5.74) is 12.4. The number of esters is 1. The van der Waals surface area contributed by atoms with Crippen LogP contribution in [0.15, 0.2) is 41.6 Å². The molecule has 0 saturated carbocycles. The Hall–Kier alpha value is -2.75. The smallest absolute Gasteiger partial charge is 0.316 e. The predicted octanol–water partition coefficient (Wildman–Crippen LogP) is 3.32. The van der Waals surface area contributed by atoms with Gasteiger partial charge >= 0.3 is 5.97 Å². The number of hydrogen-bond donors (Lipinski definition) is 4. The second-order valence-electron chi connectivity index (χ2n) is 5.78. The summed E-state index contributed by atoms with van der Waals surface area (Å²) in [5, 5.41) is 7.99. The molecule has 3 aromatic rings. The molecular formula is C18H19ClN6O2S. The number of anilines is 2. The molecule has 3 rings (SSSR count). The fourth-order valence-corrected chi connectivity index (χ4v) is 3.39. The number of nitrogen functional groups attached to an aromatic ring is 2. The summed E-state index contributed by atoms with van der Waals surface area (Å²) >= 11 is 7.36. The van der Waals surface area contributed by atoms with Gasteiger partial charge in [0.05, 0.1) is 18.0 Å². The van der Waals surface area contributed by atoms with Gasteiger partial charge in [-0.3, -0.25) is 15.7 Å². The van der Waals surface area contributed by atoms with Crippen molar-refractivity contribution in [3.8, 4) is 22.5 Å². The van der Waals surface area contributed by atoms with Crippen LogP contribution < -0.4 is 17.0 Å². The number of aromatic nitrogens is 3. The largest absolute Gasteiger partial charge is 0.465 e. The Bertz CT molecular complexity index is 994. The normalized spacial score (nSPS) is 10.7. The summed E-state index contributed by atoms with van der Waals surface area (Å²) in [6.45, 7) is 2.10. The van der Waals surface area contributed by atoms with Crippen LogP contribution in [-0.4, -0.2) is 33.5 Å². The van der Waals surface area contributed by atoms with E-state index >= 15 is 0 Å². The second kappa shape index (κ2) is 8.96. The number of aromatic amines is 1.